The summed E-state index contributed by atoms with van der Waals surface area (Å²) in [6, 6.07) is 24.8. The van der Waals surface area contributed by atoms with Gasteiger partial charge in [0.15, 0.2) is 11.5 Å². The minimum Gasteiger partial charge on any atom is -0.487 e. The van der Waals surface area contributed by atoms with E-state index in [1.54, 1.807) is 0 Å². The van der Waals surface area contributed by atoms with E-state index in [2.05, 4.69) is 90.1 Å². The average molecular weight is 755 g/mol. The van der Waals surface area contributed by atoms with Crippen LogP contribution in [0.2, 0.25) is 0 Å². The van der Waals surface area contributed by atoms with Gasteiger partial charge in [-0.15, -0.1) is 0 Å². The first-order chi connectivity index (χ1) is 26.1. The van der Waals surface area contributed by atoms with Crippen molar-refractivity contribution >= 4 is 0 Å². The second-order valence-corrected chi connectivity index (χ2v) is 14.8. The van der Waals surface area contributed by atoms with Crippen LogP contribution in [0.3, 0.4) is 0 Å². The molecule has 0 amide bonds. The maximum atomic E-state index is 5.87. The fraction of sp³-hybridized carbons (Fsp3) is 0.591. The van der Waals surface area contributed by atoms with Crippen molar-refractivity contribution < 1.29 is 47.4 Å². The van der Waals surface area contributed by atoms with Crippen LogP contribution in [-0.4, -0.2) is 106 Å². The molecule has 0 aliphatic heterocycles. The Hall–Kier alpha value is -3.06. The molecular weight excluding hydrogens is 688 g/mol. The molecule has 0 atom stereocenters. The second kappa shape index (κ2) is 26.7. The molecular formula is C44H66O10. The Morgan fingerprint density at radius 1 is 0.315 bits per heavy atom. The first-order valence-corrected chi connectivity index (χ1v) is 19.3. The van der Waals surface area contributed by atoms with E-state index < -0.39 is 0 Å². The Balaban J connectivity index is 1.05. The SMILES string of the molecule is CC(C)(C)c1ccc(COCCOCCOCCOCCOc2ccccc2OCCOCCOCCOCCOCc2ccc(C(C)(C)C)cc2)cc1. The van der Waals surface area contributed by atoms with Crippen molar-refractivity contribution in [2.24, 2.45) is 0 Å². The Kier molecular flexibility index (Phi) is 22.4. The Labute approximate surface area is 324 Å². The molecule has 3 aromatic carbocycles. The van der Waals surface area contributed by atoms with Gasteiger partial charge >= 0.3 is 0 Å². The largest absolute Gasteiger partial charge is 0.487 e. The summed E-state index contributed by atoms with van der Waals surface area (Å²) in [4.78, 5) is 0. The Morgan fingerprint density at radius 2 is 0.574 bits per heavy atom. The van der Waals surface area contributed by atoms with Crippen LogP contribution >= 0.6 is 0 Å². The van der Waals surface area contributed by atoms with E-state index in [4.69, 9.17) is 47.4 Å². The first kappa shape index (κ1) is 45.3. The van der Waals surface area contributed by atoms with E-state index in [9.17, 15) is 0 Å². The highest BCUT2D eigenvalue weighted by Crippen LogP contribution is 2.26. The van der Waals surface area contributed by atoms with Crippen LogP contribution in [0.4, 0.5) is 0 Å². The van der Waals surface area contributed by atoms with Crippen LogP contribution in [0.25, 0.3) is 0 Å². The number of para-hydroxylation sites is 2. The van der Waals surface area contributed by atoms with Crippen LogP contribution in [0.5, 0.6) is 11.5 Å². The molecule has 0 saturated carbocycles. The van der Waals surface area contributed by atoms with E-state index in [-0.39, 0.29) is 10.8 Å². The van der Waals surface area contributed by atoms with Crippen LogP contribution < -0.4 is 9.47 Å². The molecule has 0 aromatic heterocycles. The van der Waals surface area contributed by atoms with Gasteiger partial charge in [0.1, 0.15) is 13.2 Å². The zero-order chi connectivity index (χ0) is 38.7. The van der Waals surface area contributed by atoms with Gasteiger partial charge < -0.3 is 47.4 Å². The van der Waals surface area contributed by atoms with Crippen LogP contribution in [0.15, 0.2) is 72.8 Å². The highest BCUT2D eigenvalue weighted by Gasteiger charge is 2.14. The average Bonchev–Trinajstić information content (AvgIpc) is 3.15. The third-order valence-corrected chi connectivity index (χ3v) is 8.23. The number of hydrogen-bond acceptors (Lipinski definition) is 10. The third-order valence-electron chi connectivity index (χ3n) is 8.23. The van der Waals surface area contributed by atoms with E-state index >= 15 is 0 Å². The van der Waals surface area contributed by atoms with Crippen molar-refractivity contribution in [3.8, 4) is 11.5 Å². The van der Waals surface area contributed by atoms with Gasteiger partial charge in [-0.05, 0) is 45.2 Å². The molecule has 10 nitrogen and oxygen atoms in total. The summed E-state index contributed by atoms with van der Waals surface area (Å²) in [6.07, 6.45) is 0. The molecule has 54 heavy (non-hydrogen) atoms. The van der Waals surface area contributed by atoms with Crippen LogP contribution in [0, 0.1) is 0 Å². The van der Waals surface area contributed by atoms with Crippen molar-refractivity contribution in [2.45, 2.75) is 65.6 Å². The van der Waals surface area contributed by atoms with Gasteiger partial charge in [-0.1, -0.05) is 102 Å². The van der Waals surface area contributed by atoms with E-state index in [0.717, 1.165) is 0 Å². The van der Waals surface area contributed by atoms with Crippen molar-refractivity contribution in [2.75, 3.05) is 106 Å². The van der Waals surface area contributed by atoms with Gasteiger partial charge in [-0.2, -0.15) is 0 Å². The molecule has 0 fully saturated rings. The summed E-state index contributed by atoms with van der Waals surface area (Å²) >= 11 is 0. The fourth-order valence-electron chi connectivity index (χ4n) is 5.01. The molecule has 0 saturated heterocycles. The summed E-state index contributed by atoms with van der Waals surface area (Å²) in [5.74, 6) is 1.33. The van der Waals surface area contributed by atoms with Crippen molar-refractivity contribution in [3.05, 3.63) is 95.1 Å². The predicted octanol–water partition coefficient (Wildman–Crippen LogP) is 7.57. The molecule has 302 valence electrons. The van der Waals surface area contributed by atoms with E-state index in [1.807, 2.05) is 24.3 Å². The Bertz CT molecular complexity index is 1250. The van der Waals surface area contributed by atoms with Gasteiger partial charge in [0.05, 0.1) is 106 Å². The maximum absolute atomic E-state index is 5.87. The lowest BCUT2D eigenvalue weighted by atomic mass is 9.87. The predicted molar refractivity (Wildman–Crippen MR) is 212 cm³/mol. The minimum atomic E-state index is 0.157. The minimum absolute atomic E-state index is 0.157. The zero-order valence-corrected chi connectivity index (χ0v) is 33.7. The molecule has 0 bridgehead atoms. The van der Waals surface area contributed by atoms with Crippen molar-refractivity contribution in [1.82, 2.24) is 0 Å². The topological polar surface area (TPSA) is 92.3 Å². The van der Waals surface area contributed by atoms with E-state index in [0.29, 0.717) is 130 Å². The molecule has 10 heteroatoms. The van der Waals surface area contributed by atoms with Gasteiger partial charge in [0.2, 0.25) is 0 Å². The van der Waals surface area contributed by atoms with Crippen molar-refractivity contribution in [3.63, 3.8) is 0 Å². The van der Waals surface area contributed by atoms with Crippen molar-refractivity contribution in [1.29, 1.82) is 0 Å². The fourth-order valence-corrected chi connectivity index (χ4v) is 5.01. The highest BCUT2D eigenvalue weighted by atomic mass is 16.6. The first-order valence-electron chi connectivity index (χ1n) is 19.3. The number of rotatable bonds is 30. The summed E-state index contributed by atoms with van der Waals surface area (Å²) in [5.41, 5.74) is 5.29. The summed E-state index contributed by atoms with van der Waals surface area (Å²) in [6.45, 7) is 22.3. The normalized spacial score (nSPS) is 12.0. The van der Waals surface area contributed by atoms with Crippen LogP contribution in [-0.2, 0) is 61.9 Å². The zero-order valence-electron chi connectivity index (χ0n) is 33.7. The number of ether oxygens (including phenoxy) is 10. The molecule has 0 N–H and O–H groups in total. The summed E-state index contributed by atoms with van der Waals surface area (Å²) in [7, 11) is 0. The highest BCUT2D eigenvalue weighted by molar-refractivity contribution is 5.39. The lowest BCUT2D eigenvalue weighted by Crippen LogP contribution is -2.14. The second-order valence-electron chi connectivity index (χ2n) is 14.8. The molecule has 3 aromatic rings. The molecule has 0 spiro atoms. The molecule has 0 aliphatic carbocycles. The number of benzene rings is 3. The molecule has 3 rings (SSSR count). The summed E-state index contributed by atoms with van der Waals surface area (Å²) < 4.78 is 56.8. The van der Waals surface area contributed by atoms with Gasteiger partial charge in [-0.25, -0.2) is 0 Å². The maximum Gasteiger partial charge on any atom is 0.161 e. The standard InChI is InChI=1S/C44H66O10/c1-43(2,3)39-15-11-37(12-16-39)35-51-29-27-47-21-19-45-23-25-49-31-33-53-41-9-7-8-10-42(41)54-34-32-50-26-24-46-20-22-48-28-30-52-36-38-13-17-40(18-14-38)44(4,5)6/h7-18H,19-36H2,1-6H3. The van der Waals surface area contributed by atoms with E-state index in [1.165, 1.54) is 22.3 Å². The molecule has 0 aliphatic rings. The Morgan fingerprint density at radius 3 is 0.852 bits per heavy atom. The molecule has 0 unspecified atom stereocenters. The van der Waals surface area contributed by atoms with Crippen LogP contribution in [0.1, 0.15) is 63.8 Å². The third kappa shape index (κ3) is 20.6. The number of hydrogen-bond donors (Lipinski definition) is 0. The molecule has 0 radical (unpaired) electrons. The molecule has 0 heterocycles. The lowest BCUT2D eigenvalue weighted by Gasteiger charge is -2.19. The summed E-state index contributed by atoms with van der Waals surface area (Å²) in [5, 5.41) is 0. The van der Waals surface area contributed by atoms with Gasteiger partial charge in [-0.3, -0.25) is 0 Å². The monoisotopic (exact) mass is 754 g/mol. The smallest absolute Gasteiger partial charge is 0.161 e. The van der Waals surface area contributed by atoms with Gasteiger partial charge in [0.25, 0.3) is 0 Å². The van der Waals surface area contributed by atoms with Gasteiger partial charge in [0, 0.05) is 0 Å². The lowest BCUT2D eigenvalue weighted by molar-refractivity contribution is -0.00735. The quantitative estimate of drug-likeness (QED) is 0.0635.